The van der Waals surface area contributed by atoms with Crippen LogP contribution in [0.25, 0.3) is 0 Å². The lowest BCUT2D eigenvalue weighted by atomic mass is 9.51. The van der Waals surface area contributed by atoms with Crippen molar-refractivity contribution in [1.29, 1.82) is 0 Å². The van der Waals surface area contributed by atoms with Crippen LogP contribution < -0.4 is 0 Å². The quantitative estimate of drug-likeness (QED) is 0.713. The largest absolute Gasteiger partial charge is 0.508 e. The van der Waals surface area contributed by atoms with E-state index in [9.17, 15) is 9.90 Å². The Morgan fingerprint density at radius 2 is 1.97 bits per heavy atom. The molecule has 35 heavy (non-hydrogen) atoms. The van der Waals surface area contributed by atoms with Crippen LogP contribution in [-0.2, 0) is 27.8 Å². The Morgan fingerprint density at radius 1 is 1.14 bits per heavy atom. The molecule has 1 N–H and O–H groups in total. The van der Waals surface area contributed by atoms with Crippen molar-refractivity contribution in [3.05, 3.63) is 65.2 Å². The molecule has 3 saturated heterocycles. The van der Waals surface area contributed by atoms with Crippen LogP contribution in [0.5, 0.6) is 5.75 Å². The summed E-state index contributed by atoms with van der Waals surface area (Å²) < 4.78 is 7.19. The van der Waals surface area contributed by atoms with Gasteiger partial charge in [0, 0.05) is 25.0 Å². The Bertz CT molecular complexity index is 1150. The highest BCUT2D eigenvalue weighted by Gasteiger charge is 2.70. The van der Waals surface area contributed by atoms with Gasteiger partial charge in [-0.15, -0.1) is 0 Å². The van der Waals surface area contributed by atoms with Gasteiger partial charge in [-0.2, -0.15) is 0 Å². The summed E-state index contributed by atoms with van der Waals surface area (Å²) in [6.45, 7) is 2.28. The summed E-state index contributed by atoms with van der Waals surface area (Å²) >= 11 is 0. The second kappa shape index (κ2) is 7.81. The molecular formula is C30H36N2O3. The van der Waals surface area contributed by atoms with Gasteiger partial charge >= 0.3 is 0 Å². The number of hydrogen-bond donors (Lipinski definition) is 1. The maximum Gasteiger partial charge on any atom is 0.227 e. The number of phenolic OH excluding ortho intramolecular Hbond substituents is 1. The molecule has 1 saturated carbocycles. The smallest absolute Gasteiger partial charge is 0.227 e. The van der Waals surface area contributed by atoms with Gasteiger partial charge in [-0.05, 0) is 86.2 Å². The normalized spacial score (nSPS) is 35.3. The van der Waals surface area contributed by atoms with Crippen molar-refractivity contribution in [2.75, 3.05) is 20.1 Å². The Labute approximate surface area is 208 Å². The van der Waals surface area contributed by atoms with Crippen LogP contribution in [0.2, 0.25) is 0 Å². The molecule has 0 radical (unpaired) electrons. The molecule has 3 aliphatic heterocycles. The number of aromatic hydroxyl groups is 1. The van der Waals surface area contributed by atoms with Gasteiger partial charge in [0.1, 0.15) is 5.75 Å². The fourth-order valence-corrected chi connectivity index (χ4v) is 8.17. The number of piperidine rings is 1. The number of benzene rings is 2. The summed E-state index contributed by atoms with van der Waals surface area (Å²) in [7, 11) is 1.98. The average Bonchev–Trinajstić information content (AvgIpc) is 3.61. The van der Waals surface area contributed by atoms with Crippen LogP contribution in [0.4, 0.5) is 0 Å². The van der Waals surface area contributed by atoms with Gasteiger partial charge in [-0.1, -0.05) is 36.4 Å². The number of rotatable bonds is 5. The maximum absolute atomic E-state index is 13.4. The molecule has 2 aromatic carbocycles. The van der Waals surface area contributed by atoms with Gasteiger partial charge in [0.05, 0.1) is 24.2 Å². The lowest BCUT2D eigenvalue weighted by Gasteiger charge is -2.65. The molecule has 5 heteroatoms. The number of phenols is 1. The minimum atomic E-state index is -0.203. The van der Waals surface area contributed by atoms with E-state index >= 15 is 0 Å². The highest BCUT2D eigenvalue weighted by Crippen LogP contribution is 2.64. The van der Waals surface area contributed by atoms with Crippen molar-refractivity contribution < 1.29 is 14.6 Å². The molecule has 2 aliphatic carbocycles. The predicted octanol–water partition coefficient (Wildman–Crippen LogP) is 4.06. The maximum atomic E-state index is 13.4. The van der Waals surface area contributed by atoms with E-state index in [1.54, 1.807) is 0 Å². The molecule has 5 atom stereocenters. The summed E-state index contributed by atoms with van der Waals surface area (Å²) in [6.07, 6.45) is 8.29. The molecule has 3 heterocycles. The van der Waals surface area contributed by atoms with Gasteiger partial charge < -0.3 is 14.7 Å². The fourth-order valence-electron chi connectivity index (χ4n) is 8.17. The first-order valence-corrected chi connectivity index (χ1v) is 13.5. The molecule has 2 aromatic rings. The third kappa shape index (κ3) is 3.24. The molecule has 5 nitrogen and oxygen atoms in total. The van der Waals surface area contributed by atoms with Crippen LogP contribution in [0.3, 0.4) is 0 Å². The molecule has 1 amide bonds. The summed E-state index contributed by atoms with van der Waals surface area (Å²) in [6, 6.07) is 16.5. The zero-order valence-corrected chi connectivity index (χ0v) is 20.7. The van der Waals surface area contributed by atoms with Crippen LogP contribution >= 0.6 is 0 Å². The van der Waals surface area contributed by atoms with E-state index in [2.05, 4.69) is 11.0 Å². The van der Waals surface area contributed by atoms with Crippen molar-refractivity contribution in [3.8, 4) is 5.75 Å². The minimum absolute atomic E-state index is 0.0609. The lowest BCUT2D eigenvalue weighted by Crippen LogP contribution is -2.74. The summed E-state index contributed by atoms with van der Waals surface area (Å²) in [5, 5.41) is 10.5. The number of nitrogens with zero attached hydrogens (tertiary/aromatic N) is 2. The summed E-state index contributed by atoms with van der Waals surface area (Å²) in [5.74, 6) is 1.36. The second-order valence-corrected chi connectivity index (χ2v) is 11.9. The molecule has 7 rings (SSSR count). The van der Waals surface area contributed by atoms with Crippen LogP contribution in [-0.4, -0.2) is 64.7 Å². The van der Waals surface area contributed by atoms with E-state index in [4.69, 9.17) is 4.74 Å². The van der Waals surface area contributed by atoms with E-state index in [0.29, 0.717) is 18.2 Å². The summed E-state index contributed by atoms with van der Waals surface area (Å²) in [5.41, 5.74) is 3.36. The third-order valence-electron chi connectivity index (χ3n) is 10.1. The predicted molar refractivity (Wildman–Crippen MR) is 134 cm³/mol. The van der Waals surface area contributed by atoms with E-state index in [1.165, 1.54) is 30.5 Å². The minimum Gasteiger partial charge on any atom is -0.508 e. The average molecular weight is 473 g/mol. The first-order chi connectivity index (χ1) is 17.0. The first kappa shape index (κ1) is 21.9. The zero-order chi connectivity index (χ0) is 23.8. The van der Waals surface area contributed by atoms with E-state index in [1.807, 2.05) is 54.4 Å². The van der Waals surface area contributed by atoms with Crippen molar-refractivity contribution in [2.24, 2.45) is 5.92 Å². The number of likely N-dealkylation sites (N-methyl/N-ethyl adjacent to an activating group) is 1. The van der Waals surface area contributed by atoms with Crippen molar-refractivity contribution >= 4 is 5.91 Å². The van der Waals surface area contributed by atoms with Crippen molar-refractivity contribution in [1.82, 2.24) is 9.80 Å². The monoisotopic (exact) mass is 472 g/mol. The van der Waals surface area contributed by atoms with Gasteiger partial charge in [-0.3, -0.25) is 9.69 Å². The molecule has 0 aromatic heterocycles. The van der Waals surface area contributed by atoms with Crippen LogP contribution in [0.1, 0.15) is 55.2 Å². The molecule has 5 aliphatic rings. The molecule has 184 valence electrons. The van der Waals surface area contributed by atoms with Crippen molar-refractivity contribution in [2.45, 2.75) is 80.6 Å². The van der Waals surface area contributed by atoms with Gasteiger partial charge in [0.2, 0.25) is 5.91 Å². The lowest BCUT2D eigenvalue weighted by molar-refractivity contribution is -0.219. The van der Waals surface area contributed by atoms with E-state index < -0.39 is 0 Å². The first-order valence-electron chi connectivity index (χ1n) is 13.5. The molecule has 4 bridgehead atoms. The van der Waals surface area contributed by atoms with E-state index in [0.717, 1.165) is 50.1 Å². The SMILES string of the molecule is CN(C(=O)Cc1ccccc1)[C@@H]1C[C@]23CCN(CC4CC4)[C@H](Cc4ccc(O)cc42)[C@]32CC[C@@H]1O2. The Kier molecular flexibility index (Phi) is 4.88. The van der Waals surface area contributed by atoms with Crippen LogP contribution in [0, 0.1) is 5.92 Å². The number of fused-ring (bicyclic) bond motifs is 2. The number of likely N-dealkylation sites (tertiary alicyclic amines) is 1. The van der Waals surface area contributed by atoms with Gasteiger partial charge in [-0.25, -0.2) is 0 Å². The topological polar surface area (TPSA) is 53.0 Å². The highest BCUT2D eigenvalue weighted by molar-refractivity contribution is 5.79. The molecule has 4 fully saturated rings. The Hall–Kier alpha value is -2.37. The molecule has 0 unspecified atom stereocenters. The molecule has 1 spiro atoms. The van der Waals surface area contributed by atoms with Gasteiger partial charge in [0.15, 0.2) is 0 Å². The molecular weight excluding hydrogens is 436 g/mol. The number of hydrogen-bond acceptors (Lipinski definition) is 4. The second-order valence-electron chi connectivity index (χ2n) is 11.9. The third-order valence-corrected chi connectivity index (χ3v) is 10.1. The Morgan fingerprint density at radius 3 is 2.77 bits per heavy atom. The number of ether oxygens (including phenoxy) is 1. The number of carbonyl (C=O) groups is 1. The zero-order valence-electron chi connectivity index (χ0n) is 20.7. The highest BCUT2D eigenvalue weighted by atomic mass is 16.5. The van der Waals surface area contributed by atoms with Crippen LogP contribution in [0.15, 0.2) is 48.5 Å². The van der Waals surface area contributed by atoms with Gasteiger partial charge in [0.25, 0.3) is 0 Å². The number of amides is 1. The summed E-state index contributed by atoms with van der Waals surface area (Å²) in [4.78, 5) is 18.2. The number of carbonyl (C=O) groups excluding carboxylic acids is 1. The Balaban J connectivity index is 1.26. The van der Waals surface area contributed by atoms with E-state index in [-0.39, 0.29) is 29.1 Å². The van der Waals surface area contributed by atoms with Crippen molar-refractivity contribution in [3.63, 3.8) is 0 Å². The standard InChI is InChI=1S/C30H36N2O3/c1-31(28(34)15-20-5-3-2-4-6-20)25-18-29-13-14-32(19-21-7-8-21)27(30(29)12-11-26(25)35-30)16-22-9-10-23(33)17-24(22)29/h2-6,9-10,17,21,25-27,33H,7-8,11-16,18-19H2,1H3/t25-,26+,27-,29-,30-/m1/s1. The fraction of sp³-hybridized carbons (Fsp3) is 0.567.